The second-order valence-corrected chi connectivity index (χ2v) is 7.66. The number of aliphatic hydroxyl groups is 1. The van der Waals surface area contributed by atoms with Crippen LogP contribution in [0.25, 0.3) is 0 Å². The summed E-state index contributed by atoms with van der Waals surface area (Å²) in [5, 5.41) is 10.4. The fourth-order valence-electron chi connectivity index (χ4n) is 3.91. The van der Waals surface area contributed by atoms with Gasteiger partial charge in [0.15, 0.2) is 5.76 Å². The Morgan fingerprint density at radius 1 is 1.23 bits per heavy atom. The number of nitrogens with zero attached hydrogens (tertiary/aromatic N) is 1. The SMILES string of the molecule is Cc1c(C(=O)N2CCCCCC2)oc2c1[C@@H](O)CC(C)(C)C2. The van der Waals surface area contributed by atoms with E-state index < -0.39 is 6.10 Å². The van der Waals surface area contributed by atoms with Crippen molar-refractivity contribution in [2.75, 3.05) is 13.1 Å². The molecule has 0 radical (unpaired) electrons. The first-order valence-electron chi connectivity index (χ1n) is 8.48. The first kappa shape index (κ1) is 15.6. The van der Waals surface area contributed by atoms with Gasteiger partial charge < -0.3 is 14.4 Å². The number of aliphatic hydroxyl groups excluding tert-OH is 1. The Hall–Kier alpha value is -1.29. The van der Waals surface area contributed by atoms with Gasteiger partial charge in [-0.05, 0) is 31.6 Å². The third kappa shape index (κ3) is 2.81. The predicted octanol–water partition coefficient (Wildman–Crippen LogP) is 3.61. The molecule has 1 aromatic heterocycles. The molecule has 122 valence electrons. The highest BCUT2D eigenvalue weighted by molar-refractivity contribution is 5.93. The molecule has 2 heterocycles. The van der Waals surface area contributed by atoms with Crippen molar-refractivity contribution in [2.24, 2.45) is 5.41 Å². The van der Waals surface area contributed by atoms with E-state index in [0.717, 1.165) is 55.7 Å². The van der Waals surface area contributed by atoms with E-state index in [4.69, 9.17) is 4.42 Å². The highest BCUT2D eigenvalue weighted by atomic mass is 16.4. The first-order chi connectivity index (χ1) is 10.4. The van der Waals surface area contributed by atoms with E-state index in [0.29, 0.717) is 5.76 Å². The van der Waals surface area contributed by atoms with E-state index in [1.807, 2.05) is 11.8 Å². The molecule has 1 fully saturated rings. The molecule has 2 aliphatic rings. The van der Waals surface area contributed by atoms with Gasteiger partial charge in [-0.15, -0.1) is 0 Å². The van der Waals surface area contributed by atoms with Crippen molar-refractivity contribution in [3.63, 3.8) is 0 Å². The van der Waals surface area contributed by atoms with Crippen LogP contribution in [-0.2, 0) is 6.42 Å². The van der Waals surface area contributed by atoms with Crippen LogP contribution in [0.2, 0.25) is 0 Å². The van der Waals surface area contributed by atoms with Crippen molar-refractivity contribution in [1.29, 1.82) is 0 Å². The van der Waals surface area contributed by atoms with Crippen LogP contribution in [0.4, 0.5) is 0 Å². The zero-order valence-corrected chi connectivity index (χ0v) is 13.9. The Balaban J connectivity index is 1.91. The van der Waals surface area contributed by atoms with Gasteiger partial charge in [0, 0.05) is 30.6 Å². The van der Waals surface area contributed by atoms with E-state index in [1.165, 1.54) is 12.8 Å². The quantitative estimate of drug-likeness (QED) is 0.862. The summed E-state index contributed by atoms with van der Waals surface area (Å²) in [6.07, 6.45) is 5.52. The zero-order valence-electron chi connectivity index (χ0n) is 13.9. The number of hydrogen-bond acceptors (Lipinski definition) is 3. The lowest BCUT2D eigenvalue weighted by molar-refractivity contribution is 0.0718. The third-order valence-corrected chi connectivity index (χ3v) is 5.08. The Morgan fingerprint density at radius 3 is 2.50 bits per heavy atom. The molecule has 1 aliphatic heterocycles. The van der Waals surface area contributed by atoms with Gasteiger partial charge in [-0.3, -0.25) is 4.79 Å². The predicted molar refractivity (Wildman–Crippen MR) is 84.9 cm³/mol. The van der Waals surface area contributed by atoms with E-state index in [2.05, 4.69) is 13.8 Å². The minimum Gasteiger partial charge on any atom is -0.455 e. The second-order valence-electron chi connectivity index (χ2n) is 7.66. The second kappa shape index (κ2) is 5.73. The smallest absolute Gasteiger partial charge is 0.289 e. The lowest BCUT2D eigenvalue weighted by Gasteiger charge is -2.31. The topological polar surface area (TPSA) is 53.7 Å². The minimum atomic E-state index is -0.520. The van der Waals surface area contributed by atoms with Gasteiger partial charge in [0.1, 0.15) is 5.76 Å². The van der Waals surface area contributed by atoms with Gasteiger partial charge in [0.2, 0.25) is 0 Å². The number of fused-ring (bicyclic) bond motifs is 1. The third-order valence-electron chi connectivity index (χ3n) is 5.08. The van der Waals surface area contributed by atoms with Gasteiger partial charge >= 0.3 is 0 Å². The molecule has 1 aliphatic carbocycles. The van der Waals surface area contributed by atoms with Crippen LogP contribution < -0.4 is 0 Å². The summed E-state index contributed by atoms with van der Waals surface area (Å²) < 4.78 is 5.95. The van der Waals surface area contributed by atoms with Gasteiger partial charge in [0.05, 0.1) is 6.10 Å². The van der Waals surface area contributed by atoms with Crippen LogP contribution in [0.5, 0.6) is 0 Å². The summed E-state index contributed by atoms with van der Waals surface area (Å²) in [4.78, 5) is 14.7. The fourth-order valence-corrected chi connectivity index (χ4v) is 3.91. The van der Waals surface area contributed by atoms with Crippen LogP contribution in [0.15, 0.2) is 4.42 Å². The molecule has 1 saturated heterocycles. The summed E-state index contributed by atoms with van der Waals surface area (Å²) in [5.41, 5.74) is 1.71. The normalized spacial score (nSPS) is 24.7. The molecule has 0 unspecified atom stereocenters. The van der Waals surface area contributed by atoms with E-state index in [-0.39, 0.29) is 11.3 Å². The Labute approximate surface area is 132 Å². The molecular formula is C18H27NO3. The Bertz CT molecular complexity index is 565. The number of hydrogen-bond donors (Lipinski definition) is 1. The molecule has 0 bridgehead atoms. The monoisotopic (exact) mass is 305 g/mol. The van der Waals surface area contributed by atoms with Crippen molar-refractivity contribution in [3.05, 3.63) is 22.6 Å². The van der Waals surface area contributed by atoms with E-state index in [9.17, 15) is 9.90 Å². The number of furan rings is 1. The van der Waals surface area contributed by atoms with Crippen LogP contribution >= 0.6 is 0 Å². The van der Waals surface area contributed by atoms with E-state index in [1.54, 1.807) is 0 Å². The van der Waals surface area contributed by atoms with Crippen molar-refractivity contribution in [3.8, 4) is 0 Å². The average Bonchev–Trinajstić information content (AvgIpc) is 2.64. The summed E-state index contributed by atoms with van der Waals surface area (Å²) >= 11 is 0. The standard InChI is InChI=1S/C18H27NO3/c1-12-15-13(20)10-18(2,3)11-14(15)22-16(12)17(21)19-8-6-4-5-7-9-19/h13,20H,4-11H2,1-3H3/t13-/m0/s1. The summed E-state index contributed by atoms with van der Waals surface area (Å²) in [6, 6.07) is 0. The van der Waals surface area contributed by atoms with Crippen molar-refractivity contribution in [1.82, 2.24) is 4.90 Å². The Morgan fingerprint density at radius 2 is 1.86 bits per heavy atom. The first-order valence-corrected chi connectivity index (χ1v) is 8.48. The highest BCUT2D eigenvalue weighted by Gasteiger charge is 2.37. The molecular weight excluding hydrogens is 278 g/mol. The molecule has 3 rings (SSSR count). The Kier molecular flexibility index (Phi) is 4.06. The van der Waals surface area contributed by atoms with Crippen molar-refractivity contribution >= 4 is 5.91 Å². The lowest BCUT2D eigenvalue weighted by atomic mass is 9.75. The maximum Gasteiger partial charge on any atom is 0.289 e. The maximum atomic E-state index is 12.8. The highest BCUT2D eigenvalue weighted by Crippen LogP contribution is 2.44. The van der Waals surface area contributed by atoms with E-state index >= 15 is 0 Å². The summed E-state index contributed by atoms with van der Waals surface area (Å²) in [7, 11) is 0. The molecule has 4 heteroatoms. The van der Waals surface area contributed by atoms with Crippen LogP contribution in [-0.4, -0.2) is 29.0 Å². The van der Waals surface area contributed by atoms with Gasteiger partial charge in [0.25, 0.3) is 5.91 Å². The average molecular weight is 305 g/mol. The van der Waals surface area contributed by atoms with Gasteiger partial charge in [-0.25, -0.2) is 0 Å². The van der Waals surface area contributed by atoms with Crippen molar-refractivity contribution < 1.29 is 14.3 Å². The number of carbonyl (C=O) groups is 1. The molecule has 0 aromatic carbocycles. The molecule has 0 saturated carbocycles. The summed E-state index contributed by atoms with van der Waals surface area (Å²) in [6.45, 7) is 7.81. The lowest BCUT2D eigenvalue weighted by Crippen LogP contribution is -2.32. The molecule has 1 atom stereocenters. The molecule has 22 heavy (non-hydrogen) atoms. The van der Waals surface area contributed by atoms with Crippen molar-refractivity contribution in [2.45, 2.75) is 65.4 Å². The number of rotatable bonds is 1. The molecule has 1 aromatic rings. The van der Waals surface area contributed by atoms with Gasteiger partial charge in [-0.1, -0.05) is 26.7 Å². The number of amides is 1. The largest absolute Gasteiger partial charge is 0.455 e. The summed E-state index contributed by atoms with van der Waals surface area (Å²) in [5.74, 6) is 1.25. The maximum absolute atomic E-state index is 12.8. The van der Waals surface area contributed by atoms with Crippen LogP contribution in [0.1, 0.15) is 79.5 Å². The molecule has 1 amide bonds. The van der Waals surface area contributed by atoms with Crippen LogP contribution in [0.3, 0.4) is 0 Å². The number of carbonyl (C=O) groups excluding carboxylic acids is 1. The zero-order chi connectivity index (χ0) is 15.9. The fraction of sp³-hybridized carbons (Fsp3) is 0.722. The van der Waals surface area contributed by atoms with Crippen LogP contribution in [0, 0.1) is 12.3 Å². The molecule has 4 nitrogen and oxygen atoms in total. The molecule has 1 N–H and O–H groups in total. The number of likely N-dealkylation sites (tertiary alicyclic amines) is 1. The minimum absolute atomic E-state index is 0.00111. The van der Waals surface area contributed by atoms with Gasteiger partial charge in [-0.2, -0.15) is 0 Å². The molecule has 0 spiro atoms.